The van der Waals surface area contributed by atoms with Crippen molar-refractivity contribution in [3.8, 4) is 0 Å². The summed E-state index contributed by atoms with van der Waals surface area (Å²) >= 11 is 0. The van der Waals surface area contributed by atoms with Crippen LogP contribution in [0, 0.1) is 5.92 Å². The van der Waals surface area contributed by atoms with Crippen molar-refractivity contribution in [2.24, 2.45) is 11.7 Å². The lowest BCUT2D eigenvalue weighted by Crippen LogP contribution is -2.41. The number of nitrogens with two attached hydrogens (primary N) is 1. The Kier molecular flexibility index (Phi) is 4.16. The van der Waals surface area contributed by atoms with Crippen molar-refractivity contribution in [3.63, 3.8) is 0 Å². The molecule has 1 aromatic carbocycles. The molecule has 0 amide bonds. The Bertz CT molecular complexity index is 465. The Morgan fingerprint density at radius 2 is 1.95 bits per heavy atom. The number of hydrogen-bond donors (Lipinski definition) is 1. The fraction of sp³-hybridized carbons (Fsp3) is 0.684. The number of benzene rings is 1. The zero-order chi connectivity index (χ0) is 14.0. The van der Waals surface area contributed by atoms with Gasteiger partial charge in [0.2, 0.25) is 0 Å². The van der Waals surface area contributed by atoms with Gasteiger partial charge in [-0.1, -0.05) is 44.4 Å². The molecule has 1 heteroatoms. The van der Waals surface area contributed by atoms with Gasteiger partial charge in [0.1, 0.15) is 0 Å². The molecule has 0 radical (unpaired) electrons. The van der Waals surface area contributed by atoms with Gasteiger partial charge in [-0.3, -0.25) is 0 Å². The number of hydrogen-bond acceptors (Lipinski definition) is 1. The SMILES string of the molecule is CCC1CCCC(N)(Cc2ccc3c(c2)CCC3)CC1. The van der Waals surface area contributed by atoms with Gasteiger partial charge in [-0.2, -0.15) is 0 Å². The molecule has 0 heterocycles. The summed E-state index contributed by atoms with van der Waals surface area (Å²) in [6.07, 6.45) is 12.8. The summed E-state index contributed by atoms with van der Waals surface area (Å²) in [5, 5.41) is 0. The second-order valence-corrected chi connectivity index (χ2v) is 7.20. The number of aryl methyl sites for hydroxylation is 2. The molecule has 1 fully saturated rings. The summed E-state index contributed by atoms with van der Waals surface area (Å²) in [5.41, 5.74) is 11.4. The van der Waals surface area contributed by atoms with Crippen molar-refractivity contribution in [3.05, 3.63) is 34.9 Å². The van der Waals surface area contributed by atoms with Crippen LogP contribution in [-0.4, -0.2) is 5.54 Å². The first kappa shape index (κ1) is 14.1. The molecule has 2 aliphatic rings. The Balaban J connectivity index is 1.69. The number of fused-ring (bicyclic) bond motifs is 1. The van der Waals surface area contributed by atoms with E-state index in [1.807, 2.05) is 0 Å². The highest BCUT2D eigenvalue weighted by Crippen LogP contribution is 2.33. The van der Waals surface area contributed by atoms with Gasteiger partial charge in [0.25, 0.3) is 0 Å². The zero-order valence-electron chi connectivity index (χ0n) is 13.0. The Hall–Kier alpha value is -0.820. The fourth-order valence-electron chi connectivity index (χ4n) is 4.23. The maximum absolute atomic E-state index is 6.75. The van der Waals surface area contributed by atoms with Crippen molar-refractivity contribution in [2.45, 2.75) is 76.7 Å². The zero-order valence-corrected chi connectivity index (χ0v) is 13.0. The van der Waals surface area contributed by atoms with Crippen LogP contribution >= 0.6 is 0 Å². The highest BCUT2D eigenvalue weighted by Gasteiger charge is 2.29. The maximum Gasteiger partial charge on any atom is 0.0195 e. The normalized spacial score (nSPS) is 30.0. The maximum atomic E-state index is 6.75. The van der Waals surface area contributed by atoms with Crippen LogP contribution in [-0.2, 0) is 19.3 Å². The minimum Gasteiger partial charge on any atom is -0.325 e. The first-order chi connectivity index (χ1) is 9.68. The van der Waals surface area contributed by atoms with Crippen molar-refractivity contribution >= 4 is 0 Å². The average Bonchev–Trinajstić information content (AvgIpc) is 2.82. The molecule has 0 saturated heterocycles. The first-order valence-corrected chi connectivity index (χ1v) is 8.58. The van der Waals surface area contributed by atoms with E-state index in [-0.39, 0.29) is 5.54 Å². The number of rotatable bonds is 3. The standard InChI is InChI=1S/C19H29N/c1-2-15-5-4-11-19(20,12-10-15)14-16-8-9-17-6-3-7-18(17)13-16/h8-9,13,15H,2-7,10-12,14,20H2,1H3. The van der Waals surface area contributed by atoms with Gasteiger partial charge >= 0.3 is 0 Å². The van der Waals surface area contributed by atoms with Crippen molar-refractivity contribution in [2.75, 3.05) is 0 Å². The molecule has 20 heavy (non-hydrogen) atoms. The van der Waals surface area contributed by atoms with Crippen LogP contribution in [0.4, 0.5) is 0 Å². The van der Waals surface area contributed by atoms with Gasteiger partial charge in [0.05, 0.1) is 0 Å². The molecule has 0 bridgehead atoms. The van der Waals surface area contributed by atoms with Crippen molar-refractivity contribution < 1.29 is 0 Å². The van der Waals surface area contributed by atoms with Gasteiger partial charge in [-0.15, -0.1) is 0 Å². The van der Waals surface area contributed by atoms with Gasteiger partial charge in [-0.05, 0) is 67.6 Å². The molecule has 0 aliphatic heterocycles. The molecule has 0 aromatic heterocycles. The van der Waals surface area contributed by atoms with E-state index in [1.165, 1.54) is 63.4 Å². The van der Waals surface area contributed by atoms with E-state index in [4.69, 9.17) is 5.73 Å². The lowest BCUT2D eigenvalue weighted by Gasteiger charge is -2.28. The minimum atomic E-state index is 0.0523. The van der Waals surface area contributed by atoms with Crippen LogP contribution in [0.1, 0.15) is 68.6 Å². The van der Waals surface area contributed by atoms with E-state index < -0.39 is 0 Å². The highest BCUT2D eigenvalue weighted by molar-refractivity contribution is 5.36. The van der Waals surface area contributed by atoms with Gasteiger partial charge < -0.3 is 5.73 Å². The van der Waals surface area contributed by atoms with Crippen LogP contribution in [0.15, 0.2) is 18.2 Å². The van der Waals surface area contributed by atoms with Crippen LogP contribution < -0.4 is 5.73 Å². The lowest BCUT2D eigenvalue weighted by atomic mass is 9.84. The predicted molar refractivity (Wildman–Crippen MR) is 86.0 cm³/mol. The lowest BCUT2D eigenvalue weighted by molar-refractivity contribution is 0.358. The quantitative estimate of drug-likeness (QED) is 0.810. The molecule has 1 aromatic rings. The molecule has 2 atom stereocenters. The third-order valence-electron chi connectivity index (χ3n) is 5.63. The van der Waals surface area contributed by atoms with Crippen molar-refractivity contribution in [1.29, 1.82) is 0 Å². The van der Waals surface area contributed by atoms with E-state index in [9.17, 15) is 0 Å². The third-order valence-corrected chi connectivity index (χ3v) is 5.63. The van der Waals surface area contributed by atoms with Gasteiger partial charge in [0, 0.05) is 5.54 Å². The van der Waals surface area contributed by atoms with Crippen LogP contribution in [0.5, 0.6) is 0 Å². The summed E-state index contributed by atoms with van der Waals surface area (Å²) in [6.45, 7) is 2.33. The van der Waals surface area contributed by atoms with Crippen molar-refractivity contribution in [1.82, 2.24) is 0 Å². The predicted octanol–water partition coefficient (Wildman–Crippen LogP) is 4.41. The largest absolute Gasteiger partial charge is 0.325 e. The molecular weight excluding hydrogens is 242 g/mol. The van der Waals surface area contributed by atoms with Crippen LogP contribution in [0.2, 0.25) is 0 Å². The monoisotopic (exact) mass is 271 g/mol. The second kappa shape index (κ2) is 5.89. The summed E-state index contributed by atoms with van der Waals surface area (Å²) in [6, 6.07) is 7.13. The third kappa shape index (κ3) is 3.09. The molecule has 1 nitrogen and oxygen atoms in total. The van der Waals surface area contributed by atoms with E-state index in [0.717, 1.165) is 12.3 Å². The van der Waals surface area contributed by atoms with E-state index in [0.29, 0.717) is 0 Å². The molecule has 3 rings (SSSR count). The molecule has 2 unspecified atom stereocenters. The fourth-order valence-corrected chi connectivity index (χ4v) is 4.23. The summed E-state index contributed by atoms with van der Waals surface area (Å²) in [4.78, 5) is 0. The molecule has 0 spiro atoms. The molecular formula is C19H29N. The minimum absolute atomic E-state index is 0.0523. The van der Waals surface area contributed by atoms with Crippen LogP contribution in [0.25, 0.3) is 0 Å². The topological polar surface area (TPSA) is 26.0 Å². The highest BCUT2D eigenvalue weighted by atomic mass is 14.7. The smallest absolute Gasteiger partial charge is 0.0195 e. The first-order valence-electron chi connectivity index (χ1n) is 8.58. The Labute approximate surface area is 124 Å². The molecule has 2 aliphatic carbocycles. The van der Waals surface area contributed by atoms with Gasteiger partial charge in [-0.25, -0.2) is 0 Å². The van der Waals surface area contributed by atoms with E-state index >= 15 is 0 Å². The van der Waals surface area contributed by atoms with E-state index in [1.54, 1.807) is 11.1 Å². The average molecular weight is 271 g/mol. The summed E-state index contributed by atoms with van der Waals surface area (Å²) in [7, 11) is 0. The second-order valence-electron chi connectivity index (χ2n) is 7.20. The molecule has 1 saturated carbocycles. The molecule has 110 valence electrons. The van der Waals surface area contributed by atoms with Crippen LogP contribution in [0.3, 0.4) is 0 Å². The Morgan fingerprint density at radius 3 is 2.80 bits per heavy atom. The Morgan fingerprint density at radius 1 is 1.10 bits per heavy atom. The molecule has 2 N–H and O–H groups in total. The van der Waals surface area contributed by atoms with Gasteiger partial charge in [0.15, 0.2) is 0 Å². The van der Waals surface area contributed by atoms with E-state index in [2.05, 4.69) is 25.1 Å². The summed E-state index contributed by atoms with van der Waals surface area (Å²) in [5.74, 6) is 0.917. The summed E-state index contributed by atoms with van der Waals surface area (Å²) < 4.78 is 0.